The van der Waals surface area contributed by atoms with Crippen LogP contribution in [0.15, 0.2) is 18.2 Å². The molecule has 2 nitrogen and oxygen atoms in total. The van der Waals surface area contributed by atoms with E-state index in [0.717, 1.165) is 18.4 Å². The van der Waals surface area contributed by atoms with Crippen molar-refractivity contribution >= 4 is 5.69 Å². The Kier molecular flexibility index (Phi) is 4.23. The SMILES string of the molecule is Cc1ccc(F)c(NCC2(CO)CCCCC2)c1. The standard InChI is InChI=1S/C15H22FNO/c1-12-5-6-13(16)14(9-12)17-10-15(11-18)7-3-2-4-8-15/h5-6,9,17-18H,2-4,7-8,10-11H2,1H3. The number of benzene rings is 1. The van der Waals surface area contributed by atoms with Crippen LogP contribution in [0.25, 0.3) is 0 Å². The van der Waals surface area contributed by atoms with Gasteiger partial charge in [0.2, 0.25) is 0 Å². The van der Waals surface area contributed by atoms with Gasteiger partial charge in [-0.05, 0) is 37.5 Å². The highest BCUT2D eigenvalue weighted by Gasteiger charge is 2.31. The third kappa shape index (κ3) is 3.02. The van der Waals surface area contributed by atoms with Gasteiger partial charge in [0.05, 0.1) is 12.3 Å². The molecule has 0 unspecified atom stereocenters. The minimum atomic E-state index is -0.218. The van der Waals surface area contributed by atoms with Gasteiger partial charge in [-0.25, -0.2) is 4.39 Å². The van der Waals surface area contributed by atoms with Gasteiger partial charge in [0, 0.05) is 12.0 Å². The lowest BCUT2D eigenvalue weighted by atomic mass is 9.74. The van der Waals surface area contributed by atoms with Crippen molar-refractivity contribution in [1.82, 2.24) is 0 Å². The molecule has 0 heterocycles. The number of aryl methyl sites for hydroxylation is 1. The molecule has 3 heteroatoms. The van der Waals surface area contributed by atoms with Gasteiger partial charge in [-0.1, -0.05) is 25.3 Å². The Morgan fingerprint density at radius 3 is 2.67 bits per heavy atom. The summed E-state index contributed by atoms with van der Waals surface area (Å²) in [5.41, 5.74) is 1.53. The highest BCUT2D eigenvalue weighted by molar-refractivity contribution is 5.47. The number of rotatable bonds is 4. The summed E-state index contributed by atoms with van der Waals surface area (Å²) in [6, 6.07) is 5.08. The van der Waals surface area contributed by atoms with E-state index in [-0.39, 0.29) is 17.8 Å². The summed E-state index contributed by atoms with van der Waals surface area (Å²) in [6.07, 6.45) is 5.64. The van der Waals surface area contributed by atoms with Crippen molar-refractivity contribution in [3.8, 4) is 0 Å². The number of aliphatic hydroxyl groups excluding tert-OH is 1. The predicted molar refractivity (Wildman–Crippen MR) is 72.2 cm³/mol. The Labute approximate surface area is 108 Å². The number of halogens is 1. The zero-order chi connectivity index (χ0) is 13.0. The lowest BCUT2D eigenvalue weighted by Crippen LogP contribution is -2.35. The van der Waals surface area contributed by atoms with Crippen LogP contribution in [0.1, 0.15) is 37.7 Å². The lowest BCUT2D eigenvalue weighted by Gasteiger charge is -2.36. The van der Waals surface area contributed by atoms with Gasteiger partial charge in [0.15, 0.2) is 0 Å². The average Bonchev–Trinajstić information content (AvgIpc) is 2.41. The molecule has 0 saturated heterocycles. The molecule has 1 aliphatic carbocycles. The van der Waals surface area contributed by atoms with Crippen LogP contribution >= 0.6 is 0 Å². The fraction of sp³-hybridized carbons (Fsp3) is 0.600. The molecular formula is C15H22FNO. The van der Waals surface area contributed by atoms with Gasteiger partial charge in [0.1, 0.15) is 5.82 Å². The first-order valence-corrected chi connectivity index (χ1v) is 6.76. The first kappa shape index (κ1) is 13.3. The van der Waals surface area contributed by atoms with Crippen molar-refractivity contribution in [2.24, 2.45) is 5.41 Å². The lowest BCUT2D eigenvalue weighted by molar-refractivity contribution is 0.0943. The van der Waals surface area contributed by atoms with Crippen molar-refractivity contribution in [2.45, 2.75) is 39.0 Å². The minimum absolute atomic E-state index is 0.0611. The number of hydrogen-bond donors (Lipinski definition) is 2. The zero-order valence-corrected chi connectivity index (χ0v) is 11.0. The Bertz CT molecular complexity index is 399. The van der Waals surface area contributed by atoms with Gasteiger partial charge >= 0.3 is 0 Å². The monoisotopic (exact) mass is 251 g/mol. The largest absolute Gasteiger partial charge is 0.396 e. The van der Waals surface area contributed by atoms with Crippen molar-refractivity contribution in [2.75, 3.05) is 18.5 Å². The number of anilines is 1. The molecule has 0 aromatic heterocycles. The van der Waals surface area contributed by atoms with Gasteiger partial charge < -0.3 is 10.4 Å². The van der Waals surface area contributed by atoms with E-state index in [2.05, 4.69) is 5.32 Å². The molecule has 1 aliphatic rings. The Morgan fingerprint density at radius 2 is 2.00 bits per heavy atom. The summed E-state index contributed by atoms with van der Waals surface area (Å²) >= 11 is 0. The molecule has 0 atom stereocenters. The molecule has 1 aromatic carbocycles. The van der Waals surface area contributed by atoms with Crippen LogP contribution in [0.3, 0.4) is 0 Å². The van der Waals surface area contributed by atoms with Gasteiger partial charge in [-0.15, -0.1) is 0 Å². The summed E-state index contributed by atoms with van der Waals surface area (Å²) in [5, 5.41) is 12.8. The second-order valence-corrected chi connectivity index (χ2v) is 5.56. The smallest absolute Gasteiger partial charge is 0.146 e. The molecule has 1 fully saturated rings. The molecule has 0 radical (unpaired) electrons. The maximum atomic E-state index is 13.6. The minimum Gasteiger partial charge on any atom is -0.396 e. The molecule has 1 aromatic rings. The topological polar surface area (TPSA) is 32.3 Å². The van der Waals surface area contributed by atoms with Crippen molar-refractivity contribution in [3.05, 3.63) is 29.6 Å². The van der Waals surface area contributed by atoms with Crippen LogP contribution in [0.2, 0.25) is 0 Å². The molecule has 0 aliphatic heterocycles. The second-order valence-electron chi connectivity index (χ2n) is 5.56. The molecule has 0 bridgehead atoms. The molecular weight excluding hydrogens is 229 g/mol. The van der Waals surface area contributed by atoms with Gasteiger partial charge in [-0.2, -0.15) is 0 Å². The molecule has 100 valence electrons. The number of aliphatic hydroxyl groups is 1. The van der Waals surface area contributed by atoms with Gasteiger partial charge in [-0.3, -0.25) is 0 Å². The first-order valence-electron chi connectivity index (χ1n) is 6.76. The van der Waals surface area contributed by atoms with Crippen LogP contribution in [0, 0.1) is 18.2 Å². The summed E-state index contributed by atoms with van der Waals surface area (Å²) in [7, 11) is 0. The number of hydrogen-bond acceptors (Lipinski definition) is 2. The maximum Gasteiger partial charge on any atom is 0.146 e. The molecule has 0 spiro atoms. The van der Waals surface area contributed by atoms with Crippen LogP contribution in [-0.4, -0.2) is 18.3 Å². The zero-order valence-electron chi connectivity index (χ0n) is 11.0. The Balaban J connectivity index is 2.03. The van der Waals surface area contributed by atoms with Crippen LogP contribution in [-0.2, 0) is 0 Å². The highest BCUT2D eigenvalue weighted by Crippen LogP contribution is 2.36. The summed E-state index contributed by atoms with van der Waals surface area (Å²) < 4.78 is 13.6. The van der Waals surface area contributed by atoms with Crippen LogP contribution in [0.5, 0.6) is 0 Å². The molecule has 18 heavy (non-hydrogen) atoms. The predicted octanol–water partition coefficient (Wildman–Crippen LogP) is 3.49. The fourth-order valence-corrected chi connectivity index (χ4v) is 2.75. The number of nitrogens with one attached hydrogen (secondary N) is 1. The second kappa shape index (κ2) is 5.70. The molecule has 0 amide bonds. The first-order chi connectivity index (χ1) is 8.65. The van der Waals surface area contributed by atoms with E-state index in [1.54, 1.807) is 6.07 Å². The molecule has 2 N–H and O–H groups in total. The van der Waals surface area contributed by atoms with Crippen molar-refractivity contribution in [1.29, 1.82) is 0 Å². The van der Waals surface area contributed by atoms with Gasteiger partial charge in [0.25, 0.3) is 0 Å². The van der Waals surface area contributed by atoms with E-state index in [1.807, 2.05) is 13.0 Å². The van der Waals surface area contributed by atoms with Crippen LogP contribution in [0.4, 0.5) is 10.1 Å². The molecule has 2 rings (SSSR count). The maximum absolute atomic E-state index is 13.6. The summed E-state index contributed by atoms with van der Waals surface area (Å²) in [4.78, 5) is 0. The molecule has 1 saturated carbocycles. The third-order valence-corrected chi connectivity index (χ3v) is 4.03. The van der Waals surface area contributed by atoms with Crippen molar-refractivity contribution < 1.29 is 9.50 Å². The Morgan fingerprint density at radius 1 is 1.28 bits per heavy atom. The van der Waals surface area contributed by atoms with Crippen molar-refractivity contribution in [3.63, 3.8) is 0 Å². The van der Waals surface area contributed by atoms with E-state index in [0.29, 0.717) is 12.2 Å². The normalized spacial score (nSPS) is 18.6. The van der Waals surface area contributed by atoms with E-state index < -0.39 is 0 Å². The van der Waals surface area contributed by atoms with E-state index in [9.17, 15) is 9.50 Å². The highest BCUT2D eigenvalue weighted by atomic mass is 19.1. The summed E-state index contributed by atoms with van der Waals surface area (Å²) in [5.74, 6) is -0.218. The van der Waals surface area contributed by atoms with E-state index >= 15 is 0 Å². The fourth-order valence-electron chi connectivity index (χ4n) is 2.75. The third-order valence-electron chi connectivity index (χ3n) is 4.03. The summed E-state index contributed by atoms with van der Waals surface area (Å²) in [6.45, 7) is 2.80. The van der Waals surface area contributed by atoms with E-state index in [1.165, 1.54) is 25.3 Å². The van der Waals surface area contributed by atoms with E-state index in [4.69, 9.17) is 0 Å². The quantitative estimate of drug-likeness (QED) is 0.858. The Hall–Kier alpha value is -1.09. The average molecular weight is 251 g/mol. The van der Waals surface area contributed by atoms with Crippen LogP contribution < -0.4 is 5.32 Å².